The molecule has 2 atom stereocenters. The minimum atomic E-state index is -0.389. The van der Waals surface area contributed by atoms with Gasteiger partial charge in [-0.2, -0.15) is 0 Å². The number of ether oxygens (including phenoxy) is 1. The Hall–Kier alpha value is -1.76. The Kier molecular flexibility index (Phi) is 7.02. The monoisotopic (exact) mass is 302 g/mol. The van der Waals surface area contributed by atoms with Gasteiger partial charge in [-0.3, -0.25) is 0 Å². The van der Waals surface area contributed by atoms with Gasteiger partial charge in [0.25, 0.3) is 0 Å². The quantitative estimate of drug-likeness (QED) is 0.488. The second kappa shape index (κ2) is 9.30. The van der Waals surface area contributed by atoms with E-state index in [-0.39, 0.29) is 5.97 Å². The van der Waals surface area contributed by atoms with Crippen LogP contribution in [0.5, 0.6) is 0 Å². The van der Waals surface area contributed by atoms with Gasteiger partial charge in [0.1, 0.15) is 0 Å². The summed E-state index contributed by atoms with van der Waals surface area (Å²) < 4.78 is 7.05. The topological polar surface area (TPSA) is 44.1 Å². The van der Waals surface area contributed by atoms with Crippen molar-refractivity contribution in [3.05, 3.63) is 18.7 Å². The van der Waals surface area contributed by atoms with Crippen molar-refractivity contribution in [2.75, 3.05) is 6.61 Å². The van der Waals surface area contributed by atoms with Crippen LogP contribution in [-0.2, 0) is 16.1 Å². The third kappa shape index (κ3) is 5.93. The fourth-order valence-corrected chi connectivity index (χ4v) is 3.11. The second-order valence-electron chi connectivity index (χ2n) is 6.03. The zero-order chi connectivity index (χ0) is 15.6. The van der Waals surface area contributed by atoms with E-state index in [0.29, 0.717) is 12.5 Å². The summed E-state index contributed by atoms with van der Waals surface area (Å²) in [5.74, 6) is 6.45. The molecule has 0 saturated heterocycles. The predicted octanol–water partition coefficient (Wildman–Crippen LogP) is 3.43. The summed E-state index contributed by atoms with van der Waals surface area (Å²) in [4.78, 5) is 15.4. The number of carbonyl (C=O) groups is 1. The molecule has 120 valence electrons. The number of esters is 1. The molecule has 0 radical (unpaired) electrons. The Bertz CT molecular complexity index is 499. The first kappa shape index (κ1) is 16.6. The van der Waals surface area contributed by atoms with Gasteiger partial charge >= 0.3 is 5.97 Å². The first-order valence-corrected chi connectivity index (χ1v) is 8.42. The molecule has 0 spiro atoms. The van der Waals surface area contributed by atoms with Crippen molar-refractivity contribution in [1.29, 1.82) is 0 Å². The average molecular weight is 302 g/mol. The van der Waals surface area contributed by atoms with E-state index in [2.05, 4.69) is 21.4 Å². The van der Waals surface area contributed by atoms with Crippen LogP contribution >= 0.6 is 0 Å². The Balaban J connectivity index is 1.82. The van der Waals surface area contributed by atoms with E-state index in [9.17, 15) is 4.79 Å². The van der Waals surface area contributed by atoms with E-state index in [1.165, 1.54) is 32.1 Å². The number of rotatable bonds is 3. The fourth-order valence-electron chi connectivity index (χ4n) is 3.11. The minimum absolute atomic E-state index is 0.344. The number of hydrogen-bond acceptors (Lipinski definition) is 3. The third-order valence-electron chi connectivity index (χ3n) is 4.26. The van der Waals surface area contributed by atoms with E-state index < -0.39 is 0 Å². The van der Waals surface area contributed by atoms with Crippen LogP contribution in [0, 0.1) is 23.7 Å². The molecule has 1 aliphatic rings. The zero-order valence-electron chi connectivity index (χ0n) is 13.5. The average Bonchev–Trinajstić information content (AvgIpc) is 3.03. The van der Waals surface area contributed by atoms with Crippen molar-refractivity contribution in [1.82, 2.24) is 9.55 Å². The van der Waals surface area contributed by atoms with Gasteiger partial charge in [-0.05, 0) is 38.5 Å². The lowest BCUT2D eigenvalue weighted by molar-refractivity contribution is -0.136. The molecule has 1 aliphatic carbocycles. The summed E-state index contributed by atoms with van der Waals surface area (Å²) in [6.45, 7) is 3.27. The summed E-state index contributed by atoms with van der Waals surface area (Å²) in [5.41, 5.74) is 0. The Morgan fingerprint density at radius 2 is 2.05 bits per heavy atom. The Morgan fingerprint density at radius 3 is 2.82 bits per heavy atom. The minimum Gasteiger partial charge on any atom is -0.456 e. The van der Waals surface area contributed by atoms with Gasteiger partial charge in [0.15, 0.2) is 0 Å². The lowest BCUT2D eigenvalue weighted by Crippen LogP contribution is -2.09. The molecule has 0 aromatic carbocycles. The number of nitrogens with zero attached hydrogens (tertiary/aromatic N) is 2. The number of imidazole rings is 1. The smallest absolute Gasteiger partial charge is 0.384 e. The van der Waals surface area contributed by atoms with Crippen LogP contribution in [0.15, 0.2) is 18.7 Å². The first-order valence-electron chi connectivity index (χ1n) is 8.42. The van der Waals surface area contributed by atoms with Gasteiger partial charge in [0, 0.05) is 30.8 Å². The number of aromatic nitrogens is 2. The summed E-state index contributed by atoms with van der Waals surface area (Å²) in [6, 6.07) is 0. The highest BCUT2D eigenvalue weighted by molar-refractivity contribution is 5.88. The molecule has 1 heterocycles. The van der Waals surface area contributed by atoms with E-state index >= 15 is 0 Å². The molecule has 0 N–H and O–H groups in total. The molecule has 1 aromatic rings. The SMILES string of the molecule is CCOC(=O)C#CC1CCCCC(Cn2ccnc2)CCC1. The van der Waals surface area contributed by atoms with Crippen LogP contribution in [0.25, 0.3) is 0 Å². The van der Waals surface area contributed by atoms with E-state index in [1.54, 1.807) is 6.92 Å². The molecule has 1 fully saturated rings. The maximum atomic E-state index is 11.3. The van der Waals surface area contributed by atoms with Gasteiger partial charge in [0.2, 0.25) is 0 Å². The summed E-state index contributed by atoms with van der Waals surface area (Å²) in [7, 11) is 0. The largest absolute Gasteiger partial charge is 0.456 e. The maximum absolute atomic E-state index is 11.3. The second-order valence-corrected chi connectivity index (χ2v) is 6.03. The molecule has 4 heteroatoms. The van der Waals surface area contributed by atoms with Crippen LogP contribution in [0.2, 0.25) is 0 Å². The number of carbonyl (C=O) groups excluding carboxylic acids is 1. The Labute approximate surface area is 133 Å². The standard InChI is InChI=1S/C18H26N2O2/c1-2-22-18(21)11-10-16-6-3-4-7-17(9-5-8-16)14-20-13-12-19-15-20/h12-13,15-17H,2-9,14H2,1H3. The molecule has 0 aliphatic heterocycles. The lowest BCUT2D eigenvalue weighted by atomic mass is 9.95. The van der Waals surface area contributed by atoms with E-state index in [0.717, 1.165) is 25.3 Å². The van der Waals surface area contributed by atoms with Crippen LogP contribution in [0.3, 0.4) is 0 Å². The molecular weight excluding hydrogens is 276 g/mol. The van der Waals surface area contributed by atoms with Crippen molar-refractivity contribution in [3.63, 3.8) is 0 Å². The third-order valence-corrected chi connectivity index (χ3v) is 4.26. The van der Waals surface area contributed by atoms with Gasteiger partial charge < -0.3 is 9.30 Å². The molecule has 0 bridgehead atoms. The van der Waals surface area contributed by atoms with Gasteiger partial charge in [-0.25, -0.2) is 9.78 Å². The van der Waals surface area contributed by atoms with Gasteiger partial charge in [-0.1, -0.05) is 25.2 Å². The van der Waals surface area contributed by atoms with Crippen LogP contribution in [-0.4, -0.2) is 22.1 Å². The van der Waals surface area contributed by atoms with Crippen molar-refractivity contribution in [3.8, 4) is 11.8 Å². The molecule has 1 aromatic heterocycles. The van der Waals surface area contributed by atoms with Crippen molar-refractivity contribution in [2.24, 2.45) is 11.8 Å². The highest BCUT2D eigenvalue weighted by Crippen LogP contribution is 2.26. The van der Waals surface area contributed by atoms with E-state index in [1.807, 2.05) is 18.7 Å². The summed E-state index contributed by atoms with van der Waals surface area (Å²) >= 11 is 0. The van der Waals surface area contributed by atoms with Crippen LogP contribution < -0.4 is 0 Å². The zero-order valence-corrected chi connectivity index (χ0v) is 13.5. The van der Waals surface area contributed by atoms with Crippen molar-refractivity contribution >= 4 is 5.97 Å². The highest BCUT2D eigenvalue weighted by Gasteiger charge is 2.15. The summed E-state index contributed by atoms with van der Waals surface area (Å²) in [5, 5.41) is 0. The van der Waals surface area contributed by atoms with Crippen molar-refractivity contribution < 1.29 is 9.53 Å². The first-order chi connectivity index (χ1) is 10.8. The van der Waals surface area contributed by atoms with Gasteiger partial charge in [0.05, 0.1) is 12.9 Å². The van der Waals surface area contributed by atoms with Crippen LogP contribution in [0.4, 0.5) is 0 Å². The normalized spacial score (nSPS) is 22.6. The molecule has 0 amide bonds. The molecule has 22 heavy (non-hydrogen) atoms. The molecule has 1 saturated carbocycles. The van der Waals surface area contributed by atoms with Crippen LogP contribution in [0.1, 0.15) is 51.9 Å². The highest BCUT2D eigenvalue weighted by atomic mass is 16.5. The predicted molar refractivity (Wildman–Crippen MR) is 85.9 cm³/mol. The molecular formula is C18H26N2O2. The molecule has 2 unspecified atom stereocenters. The molecule has 4 nitrogen and oxygen atoms in total. The van der Waals surface area contributed by atoms with Gasteiger partial charge in [-0.15, -0.1) is 0 Å². The van der Waals surface area contributed by atoms with E-state index in [4.69, 9.17) is 4.74 Å². The summed E-state index contributed by atoms with van der Waals surface area (Å²) in [6.07, 6.45) is 14.1. The van der Waals surface area contributed by atoms with Crippen molar-refractivity contribution in [2.45, 2.75) is 58.4 Å². The fraction of sp³-hybridized carbons (Fsp3) is 0.667. The Morgan fingerprint density at radius 1 is 1.27 bits per heavy atom. The lowest BCUT2D eigenvalue weighted by Gasteiger charge is -2.16. The molecule has 2 rings (SSSR count). The maximum Gasteiger partial charge on any atom is 0.384 e. The number of hydrogen-bond donors (Lipinski definition) is 0.